The van der Waals surface area contributed by atoms with Crippen LogP contribution in [0.15, 0.2) is 58.6 Å². The summed E-state index contributed by atoms with van der Waals surface area (Å²) in [6.45, 7) is 4.21. The maximum Gasteiger partial charge on any atom is 0.244 e. The summed E-state index contributed by atoms with van der Waals surface area (Å²) in [5.74, 6) is 0.214. The molecule has 10 heteroatoms. The van der Waals surface area contributed by atoms with Crippen LogP contribution in [0.1, 0.15) is 12.0 Å². The van der Waals surface area contributed by atoms with Gasteiger partial charge in [-0.2, -0.15) is 4.31 Å². The minimum atomic E-state index is -3.56. The Morgan fingerprint density at radius 2 is 1.91 bits per heavy atom. The monoisotopic (exact) mass is 476 g/mol. The summed E-state index contributed by atoms with van der Waals surface area (Å²) in [5, 5.41) is 3.72. The van der Waals surface area contributed by atoms with Crippen LogP contribution in [0.25, 0.3) is 0 Å². The molecule has 2 fully saturated rings. The minimum Gasteiger partial charge on any atom is -0.379 e. The van der Waals surface area contributed by atoms with Crippen molar-refractivity contribution < 1.29 is 17.9 Å². The first-order chi connectivity index (χ1) is 15.5. The van der Waals surface area contributed by atoms with E-state index in [1.54, 1.807) is 12.1 Å². The Labute approximate surface area is 193 Å². The first kappa shape index (κ1) is 23.2. The molecule has 3 heterocycles. The summed E-state index contributed by atoms with van der Waals surface area (Å²) in [5.41, 5.74) is 1.28. The van der Waals surface area contributed by atoms with Gasteiger partial charge in [0.05, 0.1) is 24.0 Å². The first-order valence-corrected chi connectivity index (χ1v) is 13.2. The highest BCUT2D eigenvalue weighted by atomic mass is 32.2. The molecule has 0 spiro atoms. The van der Waals surface area contributed by atoms with Crippen molar-refractivity contribution in [1.82, 2.24) is 19.5 Å². The molecule has 0 unspecified atom stereocenters. The van der Waals surface area contributed by atoms with E-state index in [1.807, 2.05) is 18.2 Å². The smallest absolute Gasteiger partial charge is 0.244 e. The zero-order valence-corrected chi connectivity index (χ0v) is 19.5. The standard InChI is InChI=1S/C22H28N4O4S2/c27-21(24-19-8-9-25(16-19)15-18-4-2-1-3-5-18)17-31-22-7-6-20(14-23-22)32(28,29)26-10-12-30-13-11-26/h1-7,14,19H,8-13,15-17H2,(H,24,27)/t19-/m0/s1. The maximum absolute atomic E-state index is 12.7. The molecule has 4 rings (SSSR count). The van der Waals surface area contributed by atoms with E-state index >= 15 is 0 Å². The first-order valence-electron chi connectivity index (χ1n) is 10.7. The van der Waals surface area contributed by atoms with Gasteiger partial charge in [0, 0.05) is 45.0 Å². The van der Waals surface area contributed by atoms with Crippen LogP contribution in [0, 0.1) is 0 Å². The van der Waals surface area contributed by atoms with Crippen molar-refractivity contribution in [2.24, 2.45) is 0 Å². The second-order valence-electron chi connectivity index (χ2n) is 7.91. The van der Waals surface area contributed by atoms with Gasteiger partial charge in [0.2, 0.25) is 15.9 Å². The van der Waals surface area contributed by atoms with Gasteiger partial charge in [-0.25, -0.2) is 13.4 Å². The Morgan fingerprint density at radius 3 is 2.62 bits per heavy atom. The maximum atomic E-state index is 12.7. The summed E-state index contributed by atoms with van der Waals surface area (Å²) in [6.07, 6.45) is 2.30. The number of carbonyl (C=O) groups excluding carboxylic acids is 1. The van der Waals surface area contributed by atoms with Crippen LogP contribution in [0.4, 0.5) is 0 Å². The highest BCUT2D eigenvalue weighted by Gasteiger charge is 2.27. The van der Waals surface area contributed by atoms with Crippen LogP contribution in [0.2, 0.25) is 0 Å². The molecule has 0 saturated carbocycles. The Hall–Kier alpha value is -1.98. The van der Waals surface area contributed by atoms with E-state index in [1.165, 1.54) is 27.8 Å². The highest BCUT2D eigenvalue weighted by Crippen LogP contribution is 2.21. The predicted octanol–water partition coefficient (Wildman–Crippen LogP) is 1.59. The number of amides is 1. The summed E-state index contributed by atoms with van der Waals surface area (Å²) in [6, 6.07) is 13.7. The van der Waals surface area contributed by atoms with Crippen molar-refractivity contribution in [3.63, 3.8) is 0 Å². The molecular formula is C22H28N4O4S2. The number of hydrogen-bond acceptors (Lipinski definition) is 7. The Balaban J connectivity index is 1.22. The molecule has 0 bridgehead atoms. The average Bonchev–Trinajstić information content (AvgIpc) is 3.25. The van der Waals surface area contributed by atoms with E-state index in [0.717, 1.165) is 26.1 Å². The fourth-order valence-electron chi connectivity index (χ4n) is 3.89. The quantitative estimate of drug-likeness (QED) is 0.579. The molecule has 2 aliphatic rings. The number of aromatic nitrogens is 1. The van der Waals surface area contributed by atoms with Crippen molar-refractivity contribution in [2.45, 2.75) is 28.9 Å². The van der Waals surface area contributed by atoms with Gasteiger partial charge in [-0.3, -0.25) is 9.69 Å². The van der Waals surface area contributed by atoms with Crippen molar-refractivity contribution in [1.29, 1.82) is 0 Å². The normalized spacial score (nSPS) is 20.3. The van der Waals surface area contributed by atoms with Gasteiger partial charge in [-0.15, -0.1) is 0 Å². The van der Waals surface area contributed by atoms with E-state index in [4.69, 9.17) is 4.74 Å². The van der Waals surface area contributed by atoms with E-state index in [2.05, 4.69) is 27.3 Å². The number of nitrogens with zero attached hydrogens (tertiary/aromatic N) is 3. The number of likely N-dealkylation sites (tertiary alicyclic amines) is 1. The summed E-state index contributed by atoms with van der Waals surface area (Å²) in [4.78, 5) is 19.1. The molecule has 1 aromatic carbocycles. The van der Waals surface area contributed by atoms with E-state index in [0.29, 0.717) is 31.3 Å². The number of carbonyl (C=O) groups is 1. The van der Waals surface area contributed by atoms with Crippen molar-refractivity contribution in [2.75, 3.05) is 45.1 Å². The van der Waals surface area contributed by atoms with E-state index < -0.39 is 10.0 Å². The third-order valence-corrected chi connectivity index (χ3v) is 8.38. The van der Waals surface area contributed by atoms with Crippen LogP contribution in [-0.2, 0) is 26.1 Å². The third-order valence-electron chi connectivity index (χ3n) is 5.55. The number of rotatable bonds is 8. The number of nitrogens with one attached hydrogen (secondary N) is 1. The zero-order chi connectivity index (χ0) is 22.4. The van der Waals surface area contributed by atoms with Gasteiger partial charge < -0.3 is 10.1 Å². The molecule has 1 amide bonds. The van der Waals surface area contributed by atoms with E-state index in [-0.39, 0.29) is 22.6 Å². The van der Waals surface area contributed by atoms with Crippen molar-refractivity contribution in [3.8, 4) is 0 Å². The third kappa shape index (κ3) is 6.08. The number of hydrogen-bond donors (Lipinski definition) is 1. The van der Waals surface area contributed by atoms with Gasteiger partial charge in [0.1, 0.15) is 4.90 Å². The van der Waals surface area contributed by atoms with Crippen molar-refractivity contribution in [3.05, 3.63) is 54.2 Å². The lowest BCUT2D eigenvalue weighted by Crippen LogP contribution is -2.40. The molecule has 1 aromatic heterocycles. The number of thioether (sulfide) groups is 1. The van der Waals surface area contributed by atoms with Crippen molar-refractivity contribution >= 4 is 27.7 Å². The molecule has 32 heavy (non-hydrogen) atoms. The molecule has 8 nitrogen and oxygen atoms in total. The number of pyridine rings is 1. The molecule has 2 aliphatic heterocycles. The lowest BCUT2D eigenvalue weighted by Gasteiger charge is -2.25. The second-order valence-corrected chi connectivity index (χ2v) is 10.8. The number of sulfonamides is 1. The molecule has 0 radical (unpaired) electrons. The van der Waals surface area contributed by atoms with Gasteiger partial charge >= 0.3 is 0 Å². The minimum absolute atomic E-state index is 0.0339. The van der Waals surface area contributed by atoms with Crippen LogP contribution in [-0.4, -0.2) is 79.7 Å². The van der Waals surface area contributed by atoms with Crippen LogP contribution >= 0.6 is 11.8 Å². The fourth-order valence-corrected chi connectivity index (χ4v) is 5.89. The highest BCUT2D eigenvalue weighted by molar-refractivity contribution is 7.99. The van der Waals surface area contributed by atoms with E-state index in [9.17, 15) is 13.2 Å². The zero-order valence-electron chi connectivity index (χ0n) is 17.9. The lowest BCUT2D eigenvalue weighted by atomic mass is 10.2. The molecule has 2 aromatic rings. The van der Waals surface area contributed by atoms with Crippen LogP contribution in [0.5, 0.6) is 0 Å². The summed E-state index contributed by atoms with van der Waals surface area (Å²) < 4.78 is 31.9. The Morgan fingerprint density at radius 1 is 1.12 bits per heavy atom. The largest absolute Gasteiger partial charge is 0.379 e. The summed E-state index contributed by atoms with van der Waals surface area (Å²) >= 11 is 1.31. The summed E-state index contributed by atoms with van der Waals surface area (Å²) in [7, 11) is -3.56. The number of ether oxygens (including phenoxy) is 1. The SMILES string of the molecule is O=C(CSc1ccc(S(=O)(=O)N2CCOCC2)cn1)N[C@H]1CCN(Cc2ccccc2)C1. The Bertz CT molecular complexity index is 996. The Kier molecular flexibility index (Phi) is 7.80. The van der Waals surface area contributed by atoms with Gasteiger partial charge in [0.25, 0.3) is 0 Å². The van der Waals surface area contributed by atoms with Crippen LogP contribution in [0.3, 0.4) is 0 Å². The molecule has 172 valence electrons. The molecule has 1 atom stereocenters. The molecular weight excluding hydrogens is 448 g/mol. The topological polar surface area (TPSA) is 91.8 Å². The lowest BCUT2D eigenvalue weighted by molar-refractivity contribution is -0.119. The molecule has 1 N–H and O–H groups in total. The molecule has 2 saturated heterocycles. The number of benzene rings is 1. The second kappa shape index (κ2) is 10.8. The van der Waals surface area contributed by atoms with Gasteiger partial charge in [-0.05, 0) is 24.1 Å². The fraction of sp³-hybridized carbons (Fsp3) is 0.455. The van der Waals surface area contributed by atoms with Crippen LogP contribution < -0.4 is 5.32 Å². The van der Waals surface area contributed by atoms with Gasteiger partial charge in [-0.1, -0.05) is 42.1 Å². The van der Waals surface area contributed by atoms with Gasteiger partial charge in [0.15, 0.2) is 0 Å². The average molecular weight is 477 g/mol. The predicted molar refractivity (Wildman–Crippen MR) is 123 cm³/mol. The molecule has 0 aliphatic carbocycles. The number of morpholine rings is 1.